The summed E-state index contributed by atoms with van der Waals surface area (Å²) in [5, 5.41) is 11.6. The minimum atomic E-state index is -3.68. The van der Waals surface area contributed by atoms with Crippen LogP contribution in [-0.4, -0.2) is 32.3 Å². The Morgan fingerprint density at radius 2 is 1.96 bits per heavy atom. The number of nitrogens with zero attached hydrogens (tertiary/aromatic N) is 1. The molecule has 0 radical (unpaired) electrons. The first-order valence-electron chi connectivity index (χ1n) is 6.87. The summed E-state index contributed by atoms with van der Waals surface area (Å²) >= 11 is 1.25. The van der Waals surface area contributed by atoms with Gasteiger partial charge in [0.2, 0.25) is 10.0 Å². The number of anilines is 1. The summed E-state index contributed by atoms with van der Waals surface area (Å²) in [4.78, 5) is 12.3. The average Bonchev–Trinajstić information content (AvgIpc) is 2.87. The van der Waals surface area contributed by atoms with E-state index in [-0.39, 0.29) is 10.8 Å². The van der Waals surface area contributed by atoms with Gasteiger partial charge in [-0.3, -0.25) is 4.79 Å². The lowest BCUT2D eigenvalue weighted by Crippen LogP contribution is -2.26. The van der Waals surface area contributed by atoms with Crippen molar-refractivity contribution in [2.45, 2.75) is 18.2 Å². The van der Waals surface area contributed by atoms with Gasteiger partial charge in [-0.15, -0.1) is 0 Å². The van der Waals surface area contributed by atoms with Gasteiger partial charge >= 0.3 is 0 Å². The third-order valence-corrected chi connectivity index (χ3v) is 5.15. The van der Waals surface area contributed by atoms with Gasteiger partial charge in [0.15, 0.2) is 0 Å². The molecule has 1 heterocycles. The lowest BCUT2D eigenvalue weighted by atomic mass is 10.1. The SMILES string of the molecule is CNc1snc(C)c1C(=O)NCCc1ccc(S(N)(=O)=O)cc1. The predicted molar refractivity (Wildman–Crippen MR) is 90.3 cm³/mol. The lowest BCUT2D eigenvalue weighted by molar-refractivity contribution is 0.0954. The highest BCUT2D eigenvalue weighted by Gasteiger charge is 2.17. The van der Waals surface area contributed by atoms with Crippen LogP contribution in [0.2, 0.25) is 0 Å². The zero-order valence-electron chi connectivity index (χ0n) is 12.8. The Hall–Kier alpha value is -1.97. The molecule has 9 heteroatoms. The standard InChI is InChI=1S/C14H18N4O3S2/c1-9-12(14(16-2)22-18-9)13(19)17-8-7-10-3-5-11(6-4-10)23(15,20)21/h3-6,16H,7-8H2,1-2H3,(H,17,19)(H2,15,20,21). The molecule has 1 amide bonds. The largest absolute Gasteiger partial charge is 0.378 e. The van der Waals surface area contributed by atoms with Crippen LogP contribution < -0.4 is 15.8 Å². The number of carbonyl (C=O) groups excluding carboxylic acids is 1. The van der Waals surface area contributed by atoms with Gasteiger partial charge in [0.05, 0.1) is 16.2 Å². The van der Waals surface area contributed by atoms with E-state index in [2.05, 4.69) is 15.0 Å². The van der Waals surface area contributed by atoms with E-state index in [4.69, 9.17) is 5.14 Å². The topological polar surface area (TPSA) is 114 Å². The molecule has 1 aromatic carbocycles. The molecule has 2 aromatic rings. The summed E-state index contributed by atoms with van der Waals surface area (Å²) in [7, 11) is -1.93. The van der Waals surface area contributed by atoms with Gasteiger partial charge in [0, 0.05) is 13.6 Å². The Kier molecular flexibility index (Phi) is 5.34. The molecule has 7 nitrogen and oxygen atoms in total. The van der Waals surface area contributed by atoms with Crippen LogP contribution in [0.4, 0.5) is 5.00 Å². The number of rotatable bonds is 6. The number of hydrogen-bond acceptors (Lipinski definition) is 6. The molecule has 2 rings (SSSR count). The van der Waals surface area contributed by atoms with Gasteiger partial charge in [0.25, 0.3) is 5.91 Å². The van der Waals surface area contributed by atoms with Gasteiger partial charge in [0.1, 0.15) is 5.00 Å². The number of aromatic nitrogens is 1. The monoisotopic (exact) mass is 354 g/mol. The lowest BCUT2D eigenvalue weighted by Gasteiger charge is -2.07. The maximum Gasteiger partial charge on any atom is 0.256 e. The maximum absolute atomic E-state index is 12.2. The fraction of sp³-hybridized carbons (Fsp3) is 0.286. The summed E-state index contributed by atoms with van der Waals surface area (Å²) in [6.07, 6.45) is 0.585. The predicted octanol–water partition coefficient (Wildman–Crippen LogP) is 1.11. The highest BCUT2D eigenvalue weighted by atomic mass is 32.2. The van der Waals surface area contributed by atoms with E-state index in [9.17, 15) is 13.2 Å². The summed E-state index contributed by atoms with van der Waals surface area (Å²) in [6, 6.07) is 6.28. The molecule has 0 saturated heterocycles. The first-order valence-corrected chi connectivity index (χ1v) is 9.19. The molecule has 0 atom stereocenters. The van der Waals surface area contributed by atoms with Crippen LogP contribution in [0.3, 0.4) is 0 Å². The number of amides is 1. The first kappa shape index (κ1) is 17.4. The van der Waals surface area contributed by atoms with Crippen molar-refractivity contribution in [2.75, 3.05) is 18.9 Å². The zero-order chi connectivity index (χ0) is 17.0. The summed E-state index contributed by atoms with van der Waals surface area (Å²) in [6.45, 7) is 2.23. The van der Waals surface area contributed by atoms with E-state index in [0.717, 1.165) is 10.6 Å². The molecular formula is C14H18N4O3S2. The number of sulfonamides is 1. The van der Waals surface area contributed by atoms with Crippen molar-refractivity contribution in [3.8, 4) is 0 Å². The molecule has 0 saturated carbocycles. The van der Waals surface area contributed by atoms with Crippen LogP contribution in [0, 0.1) is 6.92 Å². The Balaban J connectivity index is 1.94. The van der Waals surface area contributed by atoms with Crippen LogP contribution in [0.25, 0.3) is 0 Å². The molecule has 0 aliphatic rings. The Labute approximate surface area is 139 Å². The van der Waals surface area contributed by atoms with Gasteiger partial charge in [-0.05, 0) is 42.6 Å². The van der Waals surface area contributed by atoms with E-state index in [0.29, 0.717) is 24.2 Å². The van der Waals surface area contributed by atoms with Crippen molar-refractivity contribution in [3.05, 3.63) is 41.1 Å². The number of carbonyl (C=O) groups is 1. The second-order valence-electron chi connectivity index (χ2n) is 4.92. The molecule has 0 unspecified atom stereocenters. The second kappa shape index (κ2) is 7.07. The van der Waals surface area contributed by atoms with Gasteiger partial charge in [-0.1, -0.05) is 12.1 Å². The van der Waals surface area contributed by atoms with Gasteiger partial charge in [-0.25, -0.2) is 13.6 Å². The fourth-order valence-electron chi connectivity index (χ4n) is 2.06. The van der Waals surface area contributed by atoms with Crippen molar-refractivity contribution in [1.82, 2.24) is 9.69 Å². The zero-order valence-corrected chi connectivity index (χ0v) is 14.4. The number of aryl methyl sites for hydroxylation is 1. The first-order chi connectivity index (χ1) is 10.8. The van der Waals surface area contributed by atoms with Crippen LogP contribution in [0.15, 0.2) is 29.2 Å². The van der Waals surface area contributed by atoms with Crippen molar-refractivity contribution in [1.29, 1.82) is 0 Å². The molecule has 0 aliphatic heterocycles. The van der Waals surface area contributed by atoms with Crippen LogP contribution in [0.1, 0.15) is 21.6 Å². The Morgan fingerprint density at radius 3 is 2.52 bits per heavy atom. The molecule has 0 spiro atoms. The van der Waals surface area contributed by atoms with Crippen molar-refractivity contribution in [2.24, 2.45) is 5.14 Å². The molecule has 4 N–H and O–H groups in total. The number of nitrogens with two attached hydrogens (primary N) is 1. The second-order valence-corrected chi connectivity index (χ2v) is 7.25. The number of primary sulfonamides is 1. The van der Waals surface area contributed by atoms with Crippen molar-refractivity contribution >= 4 is 32.5 Å². The maximum atomic E-state index is 12.2. The molecule has 0 bridgehead atoms. The highest BCUT2D eigenvalue weighted by molar-refractivity contribution is 7.89. The molecular weight excluding hydrogens is 336 g/mol. The van der Waals surface area contributed by atoms with Gasteiger partial charge in [-0.2, -0.15) is 4.37 Å². The Morgan fingerprint density at radius 1 is 1.30 bits per heavy atom. The van der Waals surface area contributed by atoms with E-state index in [1.54, 1.807) is 26.1 Å². The van der Waals surface area contributed by atoms with Crippen LogP contribution in [-0.2, 0) is 16.4 Å². The normalized spacial score (nSPS) is 11.3. The quantitative estimate of drug-likeness (QED) is 0.719. The third-order valence-electron chi connectivity index (χ3n) is 3.27. The average molecular weight is 354 g/mol. The molecule has 0 aliphatic carbocycles. The van der Waals surface area contributed by atoms with E-state index < -0.39 is 10.0 Å². The van der Waals surface area contributed by atoms with E-state index in [1.807, 2.05) is 0 Å². The van der Waals surface area contributed by atoms with E-state index in [1.165, 1.54) is 23.7 Å². The molecule has 124 valence electrons. The van der Waals surface area contributed by atoms with Crippen LogP contribution >= 0.6 is 11.5 Å². The molecule has 1 aromatic heterocycles. The smallest absolute Gasteiger partial charge is 0.256 e. The van der Waals surface area contributed by atoms with E-state index >= 15 is 0 Å². The summed E-state index contributed by atoms with van der Waals surface area (Å²) in [5.41, 5.74) is 2.16. The molecule has 23 heavy (non-hydrogen) atoms. The number of nitrogens with one attached hydrogen (secondary N) is 2. The molecule has 0 fully saturated rings. The van der Waals surface area contributed by atoms with Crippen molar-refractivity contribution < 1.29 is 13.2 Å². The van der Waals surface area contributed by atoms with Gasteiger partial charge < -0.3 is 10.6 Å². The number of benzene rings is 1. The van der Waals surface area contributed by atoms with Crippen molar-refractivity contribution in [3.63, 3.8) is 0 Å². The van der Waals surface area contributed by atoms with Crippen LogP contribution in [0.5, 0.6) is 0 Å². The minimum Gasteiger partial charge on any atom is -0.378 e. The third kappa shape index (κ3) is 4.27. The fourth-order valence-corrected chi connectivity index (χ4v) is 3.32. The summed E-state index contributed by atoms with van der Waals surface area (Å²) < 4.78 is 26.5. The summed E-state index contributed by atoms with van der Waals surface area (Å²) in [5.74, 6) is -0.179. The number of hydrogen-bond donors (Lipinski definition) is 3. The minimum absolute atomic E-state index is 0.0731. The highest BCUT2D eigenvalue weighted by Crippen LogP contribution is 2.23. The Bertz CT molecular complexity index is 798.